The number of hydrogen-bond donors (Lipinski definition) is 1. The van der Waals surface area contributed by atoms with Crippen molar-refractivity contribution in [1.82, 2.24) is 15.2 Å². The highest BCUT2D eigenvalue weighted by Gasteiger charge is 2.36. The van der Waals surface area contributed by atoms with Gasteiger partial charge in [-0.25, -0.2) is 4.79 Å². The minimum Gasteiger partial charge on any atom is -0.359 e. The van der Waals surface area contributed by atoms with Crippen molar-refractivity contribution in [2.24, 2.45) is 0 Å². The van der Waals surface area contributed by atoms with Gasteiger partial charge < -0.3 is 19.3 Å². The van der Waals surface area contributed by atoms with Crippen LogP contribution in [-0.2, 0) is 0 Å². The summed E-state index contributed by atoms with van der Waals surface area (Å²) in [6.45, 7) is 4.44. The predicted octanol–water partition coefficient (Wildman–Crippen LogP) is 3.53. The summed E-state index contributed by atoms with van der Waals surface area (Å²) in [6.07, 6.45) is 4.04. The van der Waals surface area contributed by atoms with Crippen molar-refractivity contribution in [3.63, 3.8) is 0 Å². The highest BCUT2D eigenvalue weighted by Crippen LogP contribution is 2.44. The molecule has 2 fully saturated rings. The largest absolute Gasteiger partial charge is 0.359 e. The number of aromatic nitrogens is 2. The van der Waals surface area contributed by atoms with E-state index in [0.29, 0.717) is 12.5 Å². The number of anilines is 1. The van der Waals surface area contributed by atoms with Gasteiger partial charge in [-0.2, -0.15) is 0 Å². The fourth-order valence-corrected chi connectivity index (χ4v) is 3.19. The first-order valence-electron chi connectivity index (χ1n) is 8.10. The second-order valence-corrected chi connectivity index (χ2v) is 6.43. The Labute approximate surface area is 134 Å². The van der Waals surface area contributed by atoms with E-state index in [2.05, 4.69) is 15.6 Å². The van der Waals surface area contributed by atoms with E-state index in [1.54, 1.807) is 0 Å². The molecular formula is C16H20N4O3. The predicted molar refractivity (Wildman–Crippen MR) is 82.2 cm³/mol. The maximum absolute atomic E-state index is 12.7. The Morgan fingerprint density at radius 2 is 2.09 bits per heavy atom. The smallest absolute Gasteiger partial charge is 0.322 e. The van der Waals surface area contributed by atoms with E-state index in [-0.39, 0.29) is 12.1 Å². The zero-order valence-corrected chi connectivity index (χ0v) is 13.3. The molecule has 3 heterocycles. The Kier molecular flexibility index (Phi) is 3.36. The number of likely N-dealkylation sites (tertiary alicyclic amines) is 1. The number of nitrogens with one attached hydrogen (secondary N) is 1. The normalized spacial score (nSPS) is 21.0. The van der Waals surface area contributed by atoms with Gasteiger partial charge in [0.2, 0.25) is 0 Å². The van der Waals surface area contributed by atoms with Crippen molar-refractivity contribution in [3.05, 3.63) is 29.0 Å². The summed E-state index contributed by atoms with van der Waals surface area (Å²) in [5, 5.41) is 10.9. The summed E-state index contributed by atoms with van der Waals surface area (Å²) in [5.74, 6) is 1.96. The zero-order chi connectivity index (χ0) is 16.0. The first-order valence-corrected chi connectivity index (χ1v) is 8.10. The standard InChI is InChI=1S/C16H20N4O3/c1-9-8-13(22-18-9)12-4-3-7-20(12)16(21)17-14-10(2)19-23-15(14)11-5-6-11/h8,11-12H,3-7H2,1-2H3,(H,17,21). The first kappa shape index (κ1) is 14.3. The van der Waals surface area contributed by atoms with Crippen LogP contribution in [0.5, 0.6) is 0 Å². The maximum Gasteiger partial charge on any atom is 0.322 e. The molecule has 1 atom stereocenters. The lowest BCUT2D eigenvalue weighted by Gasteiger charge is -2.23. The van der Waals surface area contributed by atoms with Gasteiger partial charge in [0.25, 0.3) is 0 Å². The number of amides is 2. The molecule has 23 heavy (non-hydrogen) atoms. The molecule has 2 amide bonds. The summed E-state index contributed by atoms with van der Waals surface area (Å²) in [5.41, 5.74) is 2.29. The van der Waals surface area contributed by atoms with Gasteiger partial charge in [-0.3, -0.25) is 0 Å². The molecule has 122 valence electrons. The first-order chi connectivity index (χ1) is 11.1. The van der Waals surface area contributed by atoms with E-state index < -0.39 is 0 Å². The van der Waals surface area contributed by atoms with Gasteiger partial charge in [0, 0.05) is 18.5 Å². The summed E-state index contributed by atoms with van der Waals surface area (Å²) < 4.78 is 10.7. The Hall–Kier alpha value is -2.31. The van der Waals surface area contributed by atoms with Gasteiger partial charge in [0.1, 0.15) is 11.4 Å². The number of nitrogens with zero attached hydrogens (tertiary/aromatic N) is 3. The number of hydrogen-bond acceptors (Lipinski definition) is 5. The molecule has 0 bridgehead atoms. The van der Waals surface area contributed by atoms with Crippen LogP contribution >= 0.6 is 0 Å². The quantitative estimate of drug-likeness (QED) is 0.936. The summed E-state index contributed by atoms with van der Waals surface area (Å²) in [4.78, 5) is 14.5. The SMILES string of the molecule is Cc1cc(C2CCCN2C(=O)Nc2c(C)noc2C2CC2)on1. The molecule has 7 nitrogen and oxygen atoms in total. The fraction of sp³-hybridized carbons (Fsp3) is 0.562. The minimum atomic E-state index is -0.130. The van der Waals surface area contributed by atoms with Crippen molar-refractivity contribution in [1.29, 1.82) is 0 Å². The van der Waals surface area contributed by atoms with E-state index in [1.165, 1.54) is 0 Å². The number of carbonyl (C=O) groups is 1. The lowest BCUT2D eigenvalue weighted by molar-refractivity contribution is 0.195. The third kappa shape index (κ3) is 2.60. The Balaban J connectivity index is 1.53. The van der Waals surface area contributed by atoms with Crippen LogP contribution in [0.3, 0.4) is 0 Å². The Morgan fingerprint density at radius 3 is 2.78 bits per heavy atom. The number of aryl methyl sites for hydroxylation is 2. The van der Waals surface area contributed by atoms with Crippen LogP contribution in [0, 0.1) is 13.8 Å². The molecule has 2 aromatic rings. The van der Waals surface area contributed by atoms with Crippen LogP contribution in [0.2, 0.25) is 0 Å². The van der Waals surface area contributed by atoms with Crippen LogP contribution in [0.25, 0.3) is 0 Å². The van der Waals surface area contributed by atoms with Crippen LogP contribution in [-0.4, -0.2) is 27.8 Å². The van der Waals surface area contributed by atoms with Gasteiger partial charge in [-0.05, 0) is 39.5 Å². The van der Waals surface area contributed by atoms with Crippen molar-refractivity contribution in [3.8, 4) is 0 Å². The van der Waals surface area contributed by atoms with Crippen LogP contribution in [0.4, 0.5) is 10.5 Å². The monoisotopic (exact) mass is 316 g/mol. The summed E-state index contributed by atoms with van der Waals surface area (Å²) in [7, 11) is 0. The summed E-state index contributed by atoms with van der Waals surface area (Å²) >= 11 is 0. The molecule has 1 aliphatic heterocycles. The molecule has 7 heteroatoms. The molecular weight excluding hydrogens is 296 g/mol. The molecule has 0 spiro atoms. The van der Waals surface area contributed by atoms with E-state index >= 15 is 0 Å². The Bertz CT molecular complexity index is 732. The third-order valence-corrected chi connectivity index (χ3v) is 4.56. The second kappa shape index (κ2) is 5.40. The van der Waals surface area contributed by atoms with Gasteiger partial charge in [-0.1, -0.05) is 10.3 Å². The van der Waals surface area contributed by atoms with Crippen LogP contribution < -0.4 is 5.32 Å². The molecule has 0 radical (unpaired) electrons. The third-order valence-electron chi connectivity index (χ3n) is 4.56. The van der Waals surface area contributed by atoms with Crippen LogP contribution in [0.15, 0.2) is 15.1 Å². The van der Waals surface area contributed by atoms with E-state index in [0.717, 1.165) is 54.3 Å². The van der Waals surface area contributed by atoms with Gasteiger partial charge in [-0.15, -0.1) is 0 Å². The van der Waals surface area contributed by atoms with Gasteiger partial charge in [0.05, 0.1) is 11.7 Å². The molecule has 4 rings (SSSR count). The van der Waals surface area contributed by atoms with Crippen molar-refractivity contribution >= 4 is 11.7 Å². The second-order valence-electron chi connectivity index (χ2n) is 6.43. The molecule has 0 aromatic carbocycles. The molecule has 1 N–H and O–H groups in total. The number of urea groups is 1. The minimum absolute atomic E-state index is 0.0549. The van der Waals surface area contributed by atoms with Crippen LogP contribution in [0.1, 0.15) is 60.6 Å². The van der Waals surface area contributed by atoms with E-state index in [4.69, 9.17) is 9.05 Å². The average Bonchev–Trinajstić information content (AvgIpc) is 2.94. The van der Waals surface area contributed by atoms with Gasteiger partial charge in [0.15, 0.2) is 11.5 Å². The highest BCUT2D eigenvalue weighted by molar-refractivity contribution is 5.91. The van der Waals surface area contributed by atoms with Crippen molar-refractivity contribution in [2.45, 2.75) is 51.5 Å². The lowest BCUT2D eigenvalue weighted by atomic mass is 10.1. The fourth-order valence-electron chi connectivity index (χ4n) is 3.19. The lowest BCUT2D eigenvalue weighted by Crippen LogP contribution is -2.34. The van der Waals surface area contributed by atoms with E-state index in [1.807, 2.05) is 24.8 Å². The molecule has 1 saturated carbocycles. The molecule has 1 aliphatic carbocycles. The van der Waals surface area contributed by atoms with Crippen molar-refractivity contribution in [2.75, 3.05) is 11.9 Å². The molecule has 2 aliphatic rings. The summed E-state index contributed by atoms with van der Waals surface area (Å²) in [6, 6.07) is 1.71. The molecule has 1 saturated heterocycles. The Morgan fingerprint density at radius 1 is 1.26 bits per heavy atom. The average molecular weight is 316 g/mol. The number of carbonyl (C=O) groups excluding carboxylic acids is 1. The maximum atomic E-state index is 12.7. The van der Waals surface area contributed by atoms with Crippen molar-refractivity contribution < 1.29 is 13.8 Å². The zero-order valence-electron chi connectivity index (χ0n) is 13.3. The molecule has 1 unspecified atom stereocenters. The van der Waals surface area contributed by atoms with E-state index in [9.17, 15) is 4.79 Å². The van der Waals surface area contributed by atoms with Gasteiger partial charge >= 0.3 is 6.03 Å². The number of rotatable bonds is 3. The topological polar surface area (TPSA) is 84.4 Å². The molecule has 2 aromatic heterocycles. The highest BCUT2D eigenvalue weighted by atomic mass is 16.5.